The summed E-state index contributed by atoms with van der Waals surface area (Å²) in [4.78, 5) is 15.3. The van der Waals surface area contributed by atoms with Crippen LogP contribution in [0.2, 0.25) is 0 Å². The lowest BCUT2D eigenvalue weighted by atomic mass is 10.2. The van der Waals surface area contributed by atoms with Gasteiger partial charge in [0.15, 0.2) is 5.58 Å². The average molecular weight is 285 g/mol. The number of anilines is 1. The molecule has 0 saturated carbocycles. The van der Waals surface area contributed by atoms with Gasteiger partial charge in [0.25, 0.3) is 0 Å². The number of fused-ring (bicyclic) bond motifs is 1. The number of nitrogens with one attached hydrogen (secondary N) is 1. The van der Waals surface area contributed by atoms with Gasteiger partial charge in [-0.05, 0) is 18.2 Å². The smallest absolute Gasteiger partial charge is 0.394 e. The zero-order chi connectivity index (χ0) is 13.8. The van der Waals surface area contributed by atoms with E-state index in [2.05, 4.69) is 15.0 Å². The van der Waals surface area contributed by atoms with Crippen molar-refractivity contribution in [2.24, 2.45) is 0 Å². The number of esters is 1. The number of carbonyl (C=O) groups excluding carboxylic acids is 1. The van der Waals surface area contributed by atoms with Gasteiger partial charge in [-0.2, -0.15) is 0 Å². The molecule has 1 unspecified atom stereocenters. The normalized spacial score (nSPS) is 12.4. The molecule has 2 N–H and O–H groups in total. The number of aliphatic hydroxyl groups is 1. The van der Waals surface area contributed by atoms with E-state index in [-0.39, 0.29) is 11.8 Å². The molecule has 1 atom stereocenters. The Bertz CT molecular complexity index is 584. The van der Waals surface area contributed by atoms with Crippen LogP contribution >= 0.6 is 11.6 Å². The van der Waals surface area contributed by atoms with Crippen LogP contribution in [0.5, 0.6) is 0 Å². The van der Waals surface area contributed by atoms with Gasteiger partial charge in [0, 0.05) is 12.2 Å². The van der Waals surface area contributed by atoms with Gasteiger partial charge in [0.2, 0.25) is 0 Å². The summed E-state index contributed by atoms with van der Waals surface area (Å²) in [7, 11) is 1.26. The average Bonchev–Trinajstić information content (AvgIpc) is 2.86. The van der Waals surface area contributed by atoms with Crippen molar-refractivity contribution in [3.63, 3.8) is 0 Å². The monoisotopic (exact) mass is 284 g/mol. The van der Waals surface area contributed by atoms with Crippen molar-refractivity contribution >= 4 is 34.4 Å². The van der Waals surface area contributed by atoms with Gasteiger partial charge in [-0.3, -0.25) is 0 Å². The molecule has 19 heavy (non-hydrogen) atoms. The first kappa shape index (κ1) is 13.6. The van der Waals surface area contributed by atoms with Crippen LogP contribution < -0.4 is 5.32 Å². The second-order valence-corrected chi connectivity index (χ2v) is 4.19. The molecule has 6 nitrogen and oxygen atoms in total. The van der Waals surface area contributed by atoms with Crippen molar-refractivity contribution in [3.05, 3.63) is 24.1 Å². The summed E-state index contributed by atoms with van der Waals surface area (Å²) in [5.41, 5.74) is 1.77. The van der Waals surface area contributed by atoms with E-state index in [0.717, 1.165) is 5.69 Å². The third-order valence-corrected chi connectivity index (χ3v) is 2.82. The number of halogens is 1. The number of carbonyl (C=O) groups is 1. The number of aromatic nitrogens is 1. The van der Waals surface area contributed by atoms with E-state index in [1.165, 1.54) is 7.11 Å². The molecule has 0 amide bonds. The molecule has 0 bridgehead atoms. The Hall–Kier alpha value is -1.79. The molecule has 1 aromatic carbocycles. The number of alkyl halides is 1. The van der Waals surface area contributed by atoms with Crippen LogP contribution in [0.3, 0.4) is 0 Å². The quantitative estimate of drug-likeness (QED) is 0.641. The first-order chi connectivity index (χ1) is 9.13. The molecule has 1 heterocycles. The fourth-order valence-electron chi connectivity index (χ4n) is 1.50. The van der Waals surface area contributed by atoms with Crippen LogP contribution in [-0.4, -0.2) is 41.7 Å². The molecule has 1 aromatic heterocycles. The summed E-state index contributed by atoms with van der Waals surface area (Å²) < 4.78 is 9.77. The largest absolute Gasteiger partial charge is 0.462 e. The maximum atomic E-state index is 11.3. The van der Waals surface area contributed by atoms with Crippen LogP contribution in [0.25, 0.3) is 11.1 Å². The summed E-state index contributed by atoms with van der Waals surface area (Å²) in [6.45, 7) is 0.330. The Balaban J connectivity index is 2.18. The number of nitrogens with zero attached hydrogens (tertiary/aromatic N) is 1. The number of aliphatic hydroxyl groups excluding tert-OH is 1. The topological polar surface area (TPSA) is 84.6 Å². The van der Waals surface area contributed by atoms with Crippen LogP contribution in [0.1, 0.15) is 10.7 Å². The molecule has 0 radical (unpaired) electrons. The van der Waals surface area contributed by atoms with Crippen molar-refractivity contribution in [1.29, 1.82) is 0 Å². The highest BCUT2D eigenvalue weighted by Crippen LogP contribution is 2.20. The Morgan fingerprint density at radius 2 is 2.42 bits per heavy atom. The molecule has 0 spiro atoms. The second kappa shape index (κ2) is 5.90. The minimum atomic E-state index is -0.625. The molecule has 0 aliphatic rings. The van der Waals surface area contributed by atoms with Crippen molar-refractivity contribution in [3.8, 4) is 0 Å². The Labute approximate surface area is 114 Å². The maximum Gasteiger partial charge on any atom is 0.394 e. The highest BCUT2D eigenvalue weighted by Gasteiger charge is 2.14. The van der Waals surface area contributed by atoms with Gasteiger partial charge >= 0.3 is 11.9 Å². The summed E-state index contributed by atoms with van der Waals surface area (Å²) in [6.07, 6.45) is -0.625. The lowest BCUT2D eigenvalue weighted by Gasteiger charge is -2.09. The van der Waals surface area contributed by atoms with Crippen molar-refractivity contribution in [1.82, 2.24) is 4.98 Å². The molecule has 7 heteroatoms. The Kier molecular flexibility index (Phi) is 4.24. The Morgan fingerprint density at radius 3 is 3.11 bits per heavy atom. The third-order valence-electron chi connectivity index (χ3n) is 2.47. The van der Waals surface area contributed by atoms with E-state index < -0.39 is 12.1 Å². The minimum Gasteiger partial charge on any atom is -0.462 e. The van der Waals surface area contributed by atoms with Gasteiger partial charge in [0.1, 0.15) is 5.52 Å². The first-order valence-electron chi connectivity index (χ1n) is 5.61. The number of methoxy groups -OCH3 is 1. The van der Waals surface area contributed by atoms with E-state index in [0.29, 0.717) is 17.6 Å². The van der Waals surface area contributed by atoms with Gasteiger partial charge in [-0.25, -0.2) is 9.78 Å². The number of hydrogen-bond donors (Lipinski definition) is 2. The van der Waals surface area contributed by atoms with Crippen LogP contribution in [0.15, 0.2) is 22.6 Å². The number of oxazole rings is 1. The number of benzene rings is 1. The third kappa shape index (κ3) is 3.15. The predicted molar refractivity (Wildman–Crippen MR) is 70.6 cm³/mol. The van der Waals surface area contributed by atoms with Crippen molar-refractivity contribution < 1.29 is 19.1 Å². The number of ether oxygens (including phenoxy) is 1. The van der Waals surface area contributed by atoms with Crippen molar-refractivity contribution in [2.45, 2.75) is 6.10 Å². The molecular weight excluding hydrogens is 272 g/mol. The van der Waals surface area contributed by atoms with Crippen LogP contribution in [0.4, 0.5) is 5.69 Å². The first-order valence-corrected chi connectivity index (χ1v) is 6.14. The van der Waals surface area contributed by atoms with Crippen LogP contribution in [0, 0.1) is 0 Å². The number of hydrogen-bond acceptors (Lipinski definition) is 6. The highest BCUT2D eigenvalue weighted by atomic mass is 35.5. The fourth-order valence-corrected chi connectivity index (χ4v) is 1.61. The fraction of sp³-hybridized carbons (Fsp3) is 0.333. The molecule has 102 valence electrons. The van der Waals surface area contributed by atoms with E-state index in [1.54, 1.807) is 18.2 Å². The zero-order valence-corrected chi connectivity index (χ0v) is 11.0. The molecular formula is C12H13ClN2O4. The molecule has 0 aliphatic carbocycles. The summed E-state index contributed by atoms with van der Waals surface area (Å²) in [5, 5.41) is 12.4. The Morgan fingerprint density at radius 1 is 1.63 bits per heavy atom. The summed E-state index contributed by atoms with van der Waals surface area (Å²) in [5.74, 6) is -0.551. The van der Waals surface area contributed by atoms with E-state index >= 15 is 0 Å². The highest BCUT2D eigenvalue weighted by molar-refractivity contribution is 6.18. The summed E-state index contributed by atoms with van der Waals surface area (Å²) in [6, 6.07) is 5.16. The molecule has 2 aromatic rings. The summed E-state index contributed by atoms with van der Waals surface area (Å²) >= 11 is 5.50. The molecule has 2 rings (SSSR count). The lowest BCUT2D eigenvalue weighted by molar-refractivity contribution is 0.0558. The maximum absolute atomic E-state index is 11.3. The molecule has 0 saturated heterocycles. The van der Waals surface area contributed by atoms with E-state index in [4.69, 9.17) is 16.0 Å². The van der Waals surface area contributed by atoms with Gasteiger partial charge in [-0.15, -0.1) is 11.6 Å². The number of rotatable bonds is 5. The standard InChI is InChI=1S/C12H13ClN2O4/c1-18-12(17)11-15-9-4-7(2-3-10(9)19-11)14-6-8(16)5-13/h2-4,8,14,16H,5-6H2,1H3. The SMILES string of the molecule is COC(=O)c1nc2cc(NCC(O)CCl)ccc2o1. The van der Waals surface area contributed by atoms with Gasteiger partial charge in [0.05, 0.1) is 19.1 Å². The van der Waals surface area contributed by atoms with E-state index in [9.17, 15) is 9.90 Å². The molecule has 0 aliphatic heterocycles. The van der Waals surface area contributed by atoms with Crippen molar-refractivity contribution in [2.75, 3.05) is 24.9 Å². The lowest BCUT2D eigenvalue weighted by Crippen LogP contribution is -2.20. The zero-order valence-electron chi connectivity index (χ0n) is 10.2. The predicted octanol–water partition coefficient (Wildman–Crippen LogP) is 1.63. The molecule has 0 fully saturated rings. The van der Waals surface area contributed by atoms with Crippen LogP contribution in [-0.2, 0) is 4.74 Å². The van der Waals surface area contributed by atoms with E-state index in [1.807, 2.05) is 0 Å². The van der Waals surface area contributed by atoms with Gasteiger partial charge in [-0.1, -0.05) is 0 Å². The minimum absolute atomic E-state index is 0.0876. The second-order valence-electron chi connectivity index (χ2n) is 3.88. The van der Waals surface area contributed by atoms with Gasteiger partial charge < -0.3 is 19.6 Å².